The molecule has 1 aliphatic rings. The maximum atomic E-state index is 12.3. The van der Waals surface area contributed by atoms with Gasteiger partial charge in [0.25, 0.3) is 5.91 Å². The quantitative estimate of drug-likeness (QED) is 0.836. The first-order chi connectivity index (χ1) is 11.4. The molecule has 0 saturated carbocycles. The van der Waals surface area contributed by atoms with Crippen LogP contribution < -0.4 is 10.6 Å². The summed E-state index contributed by atoms with van der Waals surface area (Å²) in [6, 6.07) is 1.97. The third kappa shape index (κ3) is 3.29. The highest BCUT2D eigenvalue weighted by atomic mass is 16.2. The molecule has 0 spiro atoms. The van der Waals surface area contributed by atoms with Crippen LogP contribution in [0.15, 0.2) is 10.9 Å². The third-order valence-corrected chi connectivity index (χ3v) is 3.97. The number of H-pyrrole nitrogens is 2. The molecule has 1 fully saturated rings. The number of carbonyl (C=O) groups excluding carboxylic acids is 1. The van der Waals surface area contributed by atoms with Crippen molar-refractivity contribution in [3.8, 4) is 0 Å². The summed E-state index contributed by atoms with van der Waals surface area (Å²) in [6.07, 6.45) is 0. The zero-order valence-electron chi connectivity index (χ0n) is 14.0. The summed E-state index contributed by atoms with van der Waals surface area (Å²) in [5.41, 5.74) is 0.464. The Kier molecular flexibility index (Phi) is 4.32. The Labute approximate surface area is 139 Å². The minimum absolute atomic E-state index is 0.0495. The van der Waals surface area contributed by atoms with Crippen molar-refractivity contribution in [3.05, 3.63) is 33.9 Å². The summed E-state index contributed by atoms with van der Waals surface area (Å²) in [6.45, 7) is 8.55. The zero-order valence-corrected chi connectivity index (χ0v) is 14.0. The molecular formula is C15H21N7O2. The highest BCUT2D eigenvalue weighted by Crippen LogP contribution is 2.19. The van der Waals surface area contributed by atoms with Crippen molar-refractivity contribution in [1.29, 1.82) is 0 Å². The second kappa shape index (κ2) is 6.42. The summed E-state index contributed by atoms with van der Waals surface area (Å²) < 4.78 is 0. The van der Waals surface area contributed by atoms with Gasteiger partial charge in [-0.1, -0.05) is 13.8 Å². The molecule has 2 N–H and O–H groups in total. The molecule has 128 valence electrons. The van der Waals surface area contributed by atoms with Crippen LogP contribution >= 0.6 is 0 Å². The first kappa shape index (κ1) is 16.2. The van der Waals surface area contributed by atoms with Gasteiger partial charge in [-0.15, -0.1) is 5.10 Å². The number of aryl methyl sites for hydroxylation is 1. The molecule has 0 atom stereocenters. The van der Waals surface area contributed by atoms with Crippen LogP contribution in [-0.2, 0) is 0 Å². The first-order valence-electron chi connectivity index (χ1n) is 7.98. The molecule has 2 aromatic heterocycles. The van der Waals surface area contributed by atoms with E-state index in [2.05, 4.69) is 43.9 Å². The Morgan fingerprint density at radius 1 is 1.21 bits per heavy atom. The Balaban J connectivity index is 1.69. The van der Waals surface area contributed by atoms with Crippen molar-refractivity contribution < 1.29 is 4.79 Å². The average molecular weight is 331 g/mol. The van der Waals surface area contributed by atoms with Gasteiger partial charge in [0.1, 0.15) is 11.6 Å². The zero-order chi connectivity index (χ0) is 17.3. The largest absolute Gasteiger partial charge is 0.353 e. The molecule has 0 bridgehead atoms. The van der Waals surface area contributed by atoms with Crippen LogP contribution in [0.3, 0.4) is 0 Å². The summed E-state index contributed by atoms with van der Waals surface area (Å²) in [4.78, 5) is 38.7. The molecule has 9 nitrogen and oxygen atoms in total. The lowest BCUT2D eigenvalue weighted by Crippen LogP contribution is -2.49. The van der Waals surface area contributed by atoms with Crippen LogP contribution in [-0.4, -0.2) is 62.1 Å². The average Bonchev–Trinajstić information content (AvgIpc) is 3.00. The van der Waals surface area contributed by atoms with E-state index in [1.165, 1.54) is 0 Å². The van der Waals surface area contributed by atoms with E-state index in [1.54, 1.807) is 4.90 Å². The second-order valence-electron chi connectivity index (χ2n) is 6.19. The first-order valence-corrected chi connectivity index (χ1v) is 7.98. The van der Waals surface area contributed by atoms with E-state index in [9.17, 15) is 9.59 Å². The second-order valence-corrected chi connectivity index (χ2v) is 6.19. The molecule has 2 aromatic rings. The topological polar surface area (TPSA) is 111 Å². The highest BCUT2D eigenvalue weighted by Gasteiger charge is 2.25. The number of amides is 1. The predicted octanol–water partition coefficient (Wildman–Crippen LogP) is 0.282. The van der Waals surface area contributed by atoms with Crippen LogP contribution in [0.4, 0.5) is 5.82 Å². The van der Waals surface area contributed by atoms with E-state index in [0.29, 0.717) is 26.2 Å². The molecule has 0 aromatic carbocycles. The fourth-order valence-electron chi connectivity index (χ4n) is 2.65. The Morgan fingerprint density at radius 2 is 1.92 bits per heavy atom. The molecule has 1 amide bonds. The van der Waals surface area contributed by atoms with E-state index in [0.717, 1.165) is 17.3 Å². The number of anilines is 1. The van der Waals surface area contributed by atoms with Gasteiger partial charge in [0.15, 0.2) is 0 Å². The summed E-state index contributed by atoms with van der Waals surface area (Å²) in [5, 5.41) is 5.90. The van der Waals surface area contributed by atoms with E-state index in [4.69, 9.17) is 0 Å². The number of aromatic nitrogens is 5. The van der Waals surface area contributed by atoms with E-state index >= 15 is 0 Å². The van der Waals surface area contributed by atoms with Gasteiger partial charge in [-0.2, -0.15) is 0 Å². The molecular weight excluding hydrogens is 310 g/mol. The van der Waals surface area contributed by atoms with Crippen molar-refractivity contribution >= 4 is 11.7 Å². The molecule has 0 radical (unpaired) electrons. The van der Waals surface area contributed by atoms with E-state index in [1.807, 2.05) is 13.0 Å². The number of hydrogen-bond acceptors (Lipinski definition) is 6. The smallest absolute Gasteiger partial charge is 0.341 e. The van der Waals surface area contributed by atoms with Gasteiger partial charge in [-0.25, -0.2) is 19.9 Å². The standard InChI is InChI=1S/C15H21N7O2/c1-9(2)12-16-10(3)8-11(17-12)21-4-6-22(7-5-21)14(23)13-18-15(24)20-19-13/h8-9H,4-7H2,1-3H3,(H2,18,19,20,24). The molecule has 0 aliphatic carbocycles. The summed E-state index contributed by atoms with van der Waals surface area (Å²) in [7, 11) is 0. The van der Waals surface area contributed by atoms with Gasteiger partial charge in [0.05, 0.1) is 0 Å². The van der Waals surface area contributed by atoms with Gasteiger partial charge in [0, 0.05) is 43.9 Å². The third-order valence-electron chi connectivity index (χ3n) is 3.97. The molecule has 3 rings (SSSR count). The van der Waals surface area contributed by atoms with Gasteiger partial charge < -0.3 is 9.80 Å². The monoisotopic (exact) mass is 331 g/mol. The van der Waals surface area contributed by atoms with Crippen molar-refractivity contribution in [3.63, 3.8) is 0 Å². The maximum Gasteiger partial charge on any atom is 0.341 e. The van der Waals surface area contributed by atoms with Crippen molar-refractivity contribution in [2.75, 3.05) is 31.1 Å². The van der Waals surface area contributed by atoms with Crippen LogP contribution in [0.1, 0.15) is 41.9 Å². The molecule has 0 unspecified atom stereocenters. The van der Waals surface area contributed by atoms with Crippen molar-refractivity contribution in [2.45, 2.75) is 26.7 Å². The number of carbonyl (C=O) groups is 1. The lowest BCUT2D eigenvalue weighted by atomic mass is 10.2. The molecule has 3 heterocycles. The number of nitrogens with one attached hydrogen (secondary N) is 2. The van der Waals surface area contributed by atoms with Crippen LogP contribution in [0, 0.1) is 6.92 Å². The molecule has 1 aliphatic heterocycles. The fourth-order valence-corrected chi connectivity index (χ4v) is 2.65. The van der Waals surface area contributed by atoms with E-state index in [-0.39, 0.29) is 17.6 Å². The molecule has 24 heavy (non-hydrogen) atoms. The predicted molar refractivity (Wildman–Crippen MR) is 88.2 cm³/mol. The van der Waals surface area contributed by atoms with Crippen molar-refractivity contribution in [1.82, 2.24) is 30.0 Å². The minimum atomic E-state index is -0.477. The van der Waals surface area contributed by atoms with Gasteiger partial charge >= 0.3 is 5.69 Å². The van der Waals surface area contributed by atoms with Crippen LogP contribution in [0.25, 0.3) is 0 Å². The number of hydrogen-bond donors (Lipinski definition) is 2. The minimum Gasteiger partial charge on any atom is -0.353 e. The maximum absolute atomic E-state index is 12.3. The Morgan fingerprint density at radius 3 is 2.50 bits per heavy atom. The Bertz CT molecular complexity index is 787. The fraction of sp³-hybridized carbons (Fsp3) is 0.533. The number of aromatic amines is 2. The van der Waals surface area contributed by atoms with Gasteiger partial charge in [-0.05, 0) is 6.92 Å². The van der Waals surface area contributed by atoms with Gasteiger partial charge in [-0.3, -0.25) is 9.78 Å². The highest BCUT2D eigenvalue weighted by molar-refractivity contribution is 5.90. The van der Waals surface area contributed by atoms with Crippen molar-refractivity contribution in [2.24, 2.45) is 0 Å². The lowest BCUT2D eigenvalue weighted by molar-refractivity contribution is 0.0734. The summed E-state index contributed by atoms with van der Waals surface area (Å²) in [5.74, 6) is 1.77. The Hall–Kier alpha value is -2.71. The van der Waals surface area contributed by atoms with Crippen LogP contribution in [0.5, 0.6) is 0 Å². The number of nitrogens with zero attached hydrogens (tertiary/aromatic N) is 5. The summed E-state index contributed by atoms with van der Waals surface area (Å²) >= 11 is 0. The van der Waals surface area contributed by atoms with E-state index < -0.39 is 5.69 Å². The van der Waals surface area contributed by atoms with Gasteiger partial charge in [0.2, 0.25) is 5.82 Å². The number of piperazine rings is 1. The molecule has 9 heteroatoms. The van der Waals surface area contributed by atoms with Crippen LogP contribution in [0.2, 0.25) is 0 Å². The number of rotatable bonds is 3. The SMILES string of the molecule is Cc1cc(N2CCN(C(=O)c3n[nH]c(=O)[nH]3)CC2)nc(C(C)C)n1. The normalized spacial score (nSPS) is 15.2. The lowest BCUT2D eigenvalue weighted by Gasteiger charge is -2.35. The molecule has 1 saturated heterocycles.